The van der Waals surface area contributed by atoms with E-state index < -0.39 is 10.0 Å². The van der Waals surface area contributed by atoms with Gasteiger partial charge in [0.25, 0.3) is 0 Å². The molecule has 8 heteroatoms. The molecule has 156 valence electrons. The first-order chi connectivity index (χ1) is 13.9. The Morgan fingerprint density at radius 3 is 2.48 bits per heavy atom. The number of fused-ring (bicyclic) bond motifs is 1. The van der Waals surface area contributed by atoms with E-state index in [9.17, 15) is 13.2 Å². The molecule has 1 amide bonds. The van der Waals surface area contributed by atoms with Crippen molar-refractivity contribution in [3.8, 4) is 5.75 Å². The zero-order chi connectivity index (χ0) is 20.7. The summed E-state index contributed by atoms with van der Waals surface area (Å²) in [4.78, 5) is 12.2. The number of halogens is 1. The zero-order valence-electron chi connectivity index (χ0n) is 16.1. The Balaban J connectivity index is 1.38. The lowest BCUT2D eigenvalue weighted by Crippen LogP contribution is -2.32. The number of benzene rings is 2. The largest absolute Gasteiger partial charge is 0.492 e. The highest BCUT2D eigenvalue weighted by molar-refractivity contribution is 7.89. The van der Waals surface area contributed by atoms with E-state index in [4.69, 9.17) is 16.3 Å². The number of ether oxygens (including phenoxy) is 1. The number of hydrogen-bond donors (Lipinski definition) is 2. The highest BCUT2D eigenvalue weighted by Crippen LogP contribution is 2.24. The minimum absolute atomic E-state index is 0.0449. The van der Waals surface area contributed by atoms with Crippen molar-refractivity contribution in [2.24, 2.45) is 0 Å². The molecule has 0 fully saturated rings. The van der Waals surface area contributed by atoms with Crippen LogP contribution in [-0.4, -0.2) is 34.0 Å². The molecule has 29 heavy (non-hydrogen) atoms. The van der Waals surface area contributed by atoms with Gasteiger partial charge in [0.2, 0.25) is 15.9 Å². The Hall–Kier alpha value is -2.09. The molecule has 2 aromatic rings. The number of nitrogens with one attached hydrogen (secondary N) is 2. The Labute approximate surface area is 176 Å². The second-order valence-electron chi connectivity index (χ2n) is 6.94. The molecule has 1 aliphatic rings. The molecule has 2 N–H and O–H groups in total. The molecule has 6 nitrogen and oxygen atoms in total. The van der Waals surface area contributed by atoms with Crippen LogP contribution in [0.25, 0.3) is 0 Å². The van der Waals surface area contributed by atoms with E-state index in [1.807, 2.05) is 6.07 Å². The van der Waals surface area contributed by atoms with Crippen molar-refractivity contribution in [1.29, 1.82) is 0 Å². The van der Waals surface area contributed by atoms with E-state index in [1.165, 1.54) is 5.56 Å². The Kier molecular flexibility index (Phi) is 7.52. The molecule has 0 aromatic heterocycles. The van der Waals surface area contributed by atoms with Gasteiger partial charge in [0.1, 0.15) is 12.4 Å². The van der Waals surface area contributed by atoms with E-state index in [0.717, 1.165) is 31.2 Å². The lowest BCUT2D eigenvalue weighted by Gasteiger charge is -2.16. The van der Waals surface area contributed by atoms with Gasteiger partial charge in [-0.2, -0.15) is 0 Å². The van der Waals surface area contributed by atoms with Gasteiger partial charge >= 0.3 is 0 Å². The number of rotatable bonds is 9. The average Bonchev–Trinajstić information content (AvgIpc) is 2.72. The second kappa shape index (κ2) is 10.1. The maximum Gasteiger partial charge on any atom is 0.240 e. The highest BCUT2D eigenvalue weighted by Gasteiger charge is 2.17. The minimum Gasteiger partial charge on any atom is -0.492 e. The van der Waals surface area contributed by atoms with E-state index in [-0.39, 0.29) is 23.8 Å². The van der Waals surface area contributed by atoms with Crippen LogP contribution in [0.4, 0.5) is 0 Å². The van der Waals surface area contributed by atoms with Crippen molar-refractivity contribution in [3.05, 3.63) is 58.6 Å². The maximum absolute atomic E-state index is 12.5. The standard InChI is InChI=1S/C21H25ClN2O4S/c22-18-6-8-19(9-7-18)28-14-13-23-21(25)11-12-24-29(26,27)20-10-5-16-3-1-2-4-17(16)15-20/h5-10,15,24H,1-4,11-14H2,(H,23,25). The molecule has 0 bridgehead atoms. The third-order valence-corrected chi connectivity index (χ3v) is 6.49. The van der Waals surface area contributed by atoms with Crippen LogP contribution < -0.4 is 14.8 Å². The van der Waals surface area contributed by atoms with Crippen LogP contribution in [0.15, 0.2) is 47.4 Å². The number of aryl methyl sites for hydroxylation is 2. The average molecular weight is 437 g/mol. The van der Waals surface area contributed by atoms with Gasteiger partial charge in [0, 0.05) is 18.0 Å². The number of carbonyl (C=O) groups is 1. The predicted octanol–water partition coefficient (Wildman–Crippen LogP) is 3.08. The molecule has 0 atom stereocenters. The van der Waals surface area contributed by atoms with Crippen molar-refractivity contribution in [1.82, 2.24) is 10.0 Å². The lowest BCUT2D eigenvalue weighted by atomic mass is 9.92. The zero-order valence-corrected chi connectivity index (χ0v) is 17.7. The molecule has 0 unspecified atom stereocenters. The molecular formula is C21H25ClN2O4S. The van der Waals surface area contributed by atoms with Gasteiger partial charge in [-0.1, -0.05) is 17.7 Å². The van der Waals surface area contributed by atoms with Gasteiger partial charge in [-0.05, 0) is 73.2 Å². The Morgan fingerprint density at radius 2 is 1.72 bits per heavy atom. The van der Waals surface area contributed by atoms with Gasteiger partial charge in [-0.25, -0.2) is 13.1 Å². The maximum atomic E-state index is 12.5. The van der Waals surface area contributed by atoms with Crippen LogP contribution in [0.3, 0.4) is 0 Å². The van der Waals surface area contributed by atoms with Gasteiger partial charge < -0.3 is 10.1 Å². The molecule has 2 aromatic carbocycles. The van der Waals surface area contributed by atoms with E-state index >= 15 is 0 Å². The minimum atomic E-state index is -3.62. The van der Waals surface area contributed by atoms with Crippen LogP contribution in [0, 0.1) is 0 Å². The Bertz CT molecular complexity index is 946. The number of amides is 1. The van der Waals surface area contributed by atoms with Gasteiger partial charge in [0.15, 0.2) is 0 Å². The van der Waals surface area contributed by atoms with Crippen molar-refractivity contribution >= 4 is 27.5 Å². The molecular weight excluding hydrogens is 412 g/mol. The highest BCUT2D eigenvalue weighted by atomic mass is 35.5. The van der Waals surface area contributed by atoms with Crippen molar-refractivity contribution in [2.75, 3.05) is 19.7 Å². The summed E-state index contributed by atoms with van der Waals surface area (Å²) in [6.07, 6.45) is 4.22. The first-order valence-electron chi connectivity index (χ1n) is 9.70. The third kappa shape index (κ3) is 6.45. The smallest absolute Gasteiger partial charge is 0.240 e. The summed E-state index contributed by atoms with van der Waals surface area (Å²) < 4.78 is 32.9. The van der Waals surface area contributed by atoms with E-state index in [0.29, 0.717) is 23.9 Å². The topological polar surface area (TPSA) is 84.5 Å². The fourth-order valence-electron chi connectivity index (χ4n) is 3.24. The predicted molar refractivity (Wildman–Crippen MR) is 113 cm³/mol. The summed E-state index contributed by atoms with van der Waals surface area (Å²) in [5.74, 6) is 0.430. The number of carbonyl (C=O) groups excluding carboxylic acids is 1. The van der Waals surface area contributed by atoms with E-state index in [2.05, 4.69) is 10.0 Å². The summed E-state index contributed by atoms with van der Waals surface area (Å²) in [5.41, 5.74) is 2.34. The van der Waals surface area contributed by atoms with Gasteiger partial charge in [-0.3, -0.25) is 4.79 Å². The molecule has 0 heterocycles. The fraction of sp³-hybridized carbons (Fsp3) is 0.381. The SMILES string of the molecule is O=C(CCNS(=O)(=O)c1ccc2c(c1)CCCC2)NCCOc1ccc(Cl)cc1. The van der Waals surface area contributed by atoms with E-state index in [1.54, 1.807) is 36.4 Å². The molecule has 0 aliphatic heterocycles. The summed E-state index contributed by atoms with van der Waals surface area (Å²) in [6, 6.07) is 12.2. The molecule has 0 spiro atoms. The lowest BCUT2D eigenvalue weighted by molar-refractivity contribution is -0.121. The molecule has 0 saturated carbocycles. The number of hydrogen-bond acceptors (Lipinski definition) is 4. The van der Waals surface area contributed by atoms with Gasteiger partial charge in [-0.15, -0.1) is 0 Å². The third-order valence-electron chi connectivity index (χ3n) is 4.78. The Morgan fingerprint density at radius 1 is 1.00 bits per heavy atom. The van der Waals surface area contributed by atoms with Crippen LogP contribution in [0.5, 0.6) is 5.75 Å². The van der Waals surface area contributed by atoms with Crippen LogP contribution >= 0.6 is 11.6 Å². The summed E-state index contributed by atoms with van der Waals surface area (Å²) in [6.45, 7) is 0.691. The van der Waals surface area contributed by atoms with Crippen LogP contribution in [0.2, 0.25) is 5.02 Å². The van der Waals surface area contributed by atoms with Crippen molar-refractivity contribution < 1.29 is 17.9 Å². The molecule has 3 rings (SSSR count). The quantitative estimate of drug-likeness (QED) is 0.591. The monoisotopic (exact) mass is 436 g/mol. The van der Waals surface area contributed by atoms with Crippen LogP contribution in [0.1, 0.15) is 30.4 Å². The van der Waals surface area contributed by atoms with Crippen molar-refractivity contribution in [3.63, 3.8) is 0 Å². The van der Waals surface area contributed by atoms with Crippen molar-refractivity contribution in [2.45, 2.75) is 37.0 Å². The summed E-state index contributed by atoms with van der Waals surface area (Å²) in [7, 11) is -3.62. The molecule has 1 aliphatic carbocycles. The second-order valence-corrected chi connectivity index (χ2v) is 9.14. The number of sulfonamides is 1. The summed E-state index contributed by atoms with van der Waals surface area (Å²) in [5, 5.41) is 3.33. The normalized spacial score (nSPS) is 13.6. The van der Waals surface area contributed by atoms with Crippen LogP contribution in [-0.2, 0) is 27.7 Å². The molecule has 0 radical (unpaired) electrons. The first-order valence-corrected chi connectivity index (χ1v) is 11.6. The first kappa shape index (κ1) is 21.6. The summed E-state index contributed by atoms with van der Waals surface area (Å²) >= 11 is 5.80. The fourth-order valence-corrected chi connectivity index (χ4v) is 4.45. The molecule has 0 saturated heterocycles. The van der Waals surface area contributed by atoms with Gasteiger partial charge in [0.05, 0.1) is 11.4 Å².